The number of nitrogens with zero attached hydrogens (tertiary/aromatic N) is 1. The monoisotopic (exact) mass is 307 g/mol. The predicted molar refractivity (Wildman–Crippen MR) is 82.6 cm³/mol. The number of aromatic nitrogens is 1. The Morgan fingerprint density at radius 3 is 2.79 bits per heavy atom. The summed E-state index contributed by atoms with van der Waals surface area (Å²) in [4.78, 5) is 18.2. The van der Waals surface area contributed by atoms with Crippen molar-refractivity contribution in [1.82, 2.24) is 4.98 Å². The van der Waals surface area contributed by atoms with Gasteiger partial charge in [-0.3, -0.25) is 4.79 Å². The summed E-state index contributed by atoms with van der Waals surface area (Å²) >= 11 is 8.74. The fourth-order valence-electron chi connectivity index (χ4n) is 1.79. The standard InChI is InChI=1S/C14H10ClNOS2/c15-8-7-10(17)12-5-6-13(18-12)14-16-9-3-1-2-4-11(9)19-14/h1-6H,7-8H2. The minimum absolute atomic E-state index is 0.104. The van der Waals surface area contributed by atoms with E-state index in [9.17, 15) is 4.79 Å². The number of thiazole rings is 1. The van der Waals surface area contributed by atoms with Crippen LogP contribution < -0.4 is 0 Å². The summed E-state index contributed by atoms with van der Waals surface area (Å²) in [6.45, 7) is 0. The molecule has 0 N–H and O–H groups in total. The average Bonchev–Trinajstić information content (AvgIpc) is 3.05. The van der Waals surface area contributed by atoms with Gasteiger partial charge in [0.2, 0.25) is 0 Å². The maximum absolute atomic E-state index is 11.8. The minimum Gasteiger partial charge on any atom is -0.293 e. The molecule has 3 aromatic rings. The van der Waals surface area contributed by atoms with E-state index >= 15 is 0 Å². The van der Waals surface area contributed by atoms with E-state index in [-0.39, 0.29) is 5.78 Å². The lowest BCUT2D eigenvalue weighted by atomic mass is 10.2. The van der Waals surface area contributed by atoms with Crippen LogP contribution in [0.3, 0.4) is 0 Å². The molecule has 2 nitrogen and oxygen atoms in total. The molecule has 0 amide bonds. The fraction of sp³-hybridized carbons (Fsp3) is 0.143. The molecular formula is C14H10ClNOS2. The molecule has 0 radical (unpaired) electrons. The molecule has 1 aromatic carbocycles. The van der Waals surface area contributed by atoms with Crippen LogP contribution in [0.4, 0.5) is 0 Å². The Morgan fingerprint density at radius 2 is 2.00 bits per heavy atom. The molecule has 3 rings (SSSR count). The van der Waals surface area contributed by atoms with Crippen LogP contribution in [0.2, 0.25) is 0 Å². The molecule has 5 heteroatoms. The topological polar surface area (TPSA) is 30.0 Å². The number of para-hydroxylation sites is 1. The molecule has 96 valence electrons. The van der Waals surface area contributed by atoms with Crippen molar-refractivity contribution in [2.24, 2.45) is 0 Å². The maximum Gasteiger partial charge on any atom is 0.173 e. The van der Waals surface area contributed by atoms with Crippen molar-refractivity contribution in [3.63, 3.8) is 0 Å². The highest BCUT2D eigenvalue weighted by Gasteiger charge is 2.12. The summed E-state index contributed by atoms with van der Waals surface area (Å²) in [7, 11) is 0. The molecule has 19 heavy (non-hydrogen) atoms. The van der Waals surface area contributed by atoms with Gasteiger partial charge in [-0.2, -0.15) is 0 Å². The number of ketones is 1. The minimum atomic E-state index is 0.104. The third kappa shape index (κ3) is 2.56. The van der Waals surface area contributed by atoms with E-state index in [1.165, 1.54) is 16.0 Å². The Bertz CT molecular complexity index is 699. The van der Waals surface area contributed by atoms with Crippen molar-refractivity contribution in [3.8, 4) is 9.88 Å². The Hall–Kier alpha value is -1.23. The summed E-state index contributed by atoms with van der Waals surface area (Å²) in [6, 6.07) is 11.9. The summed E-state index contributed by atoms with van der Waals surface area (Å²) in [6.07, 6.45) is 0.390. The molecular weight excluding hydrogens is 298 g/mol. The molecule has 0 saturated heterocycles. The molecule has 0 saturated carbocycles. The maximum atomic E-state index is 11.8. The van der Waals surface area contributed by atoms with Gasteiger partial charge in [0.15, 0.2) is 5.78 Å². The summed E-state index contributed by atoms with van der Waals surface area (Å²) in [5, 5.41) is 0.969. The Labute approximate surface area is 123 Å². The van der Waals surface area contributed by atoms with Gasteiger partial charge < -0.3 is 0 Å². The molecule has 0 fully saturated rings. The number of halogens is 1. The number of rotatable bonds is 4. The van der Waals surface area contributed by atoms with Gasteiger partial charge in [-0.25, -0.2) is 4.98 Å². The first-order valence-electron chi connectivity index (χ1n) is 5.83. The molecule has 0 aliphatic carbocycles. The van der Waals surface area contributed by atoms with E-state index in [0.717, 1.165) is 20.3 Å². The Kier molecular flexibility index (Phi) is 3.64. The van der Waals surface area contributed by atoms with Gasteiger partial charge in [0.25, 0.3) is 0 Å². The Balaban J connectivity index is 1.96. The Morgan fingerprint density at radius 1 is 1.16 bits per heavy atom. The lowest BCUT2D eigenvalue weighted by Gasteiger charge is -1.91. The van der Waals surface area contributed by atoms with Crippen LogP contribution in [0.5, 0.6) is 0 Å². The fourth-order valence-corrected chi connectivity index (χ4v) is 3.95. The van der Waals surface area contributed by atoms with Crippen LogP contribution in [0.15, 0.2) is 36.4 Å². The van der Waals surface area contributed by atoms with Crippen molar-refractivity contribution in [2.75, 3.05) is 5.88 Å². The summed E-state index contributed by atoms with van der Waals surface area (Å²) in [5.41, 5.74) is 1.00. The SMILES string of the molecule is O=C(CCCl)c1ccc(-c2nc3ccccc3s2)s1. The number of hydrogen-bond acceptors (Lipinski definition) is 4. The summed E-state index contributed by atoms with van der Waals surface area (Å²) < 4.78 is 1.17. The van der Waals surface area contributed by atoms with Crippen molar-refractivity contribution >= 4 is 50.3 Å². The number of benzene rings is 1. The van der Waals surface area contributed by atoms with Gasteiger partial charge in [0, 0.05) is 12.3 Å². The molecule has 2 heterocycles. The quantitative estimate of drug-likeness (QED) is 0.510. The normalized spacial score (nSPS) is 11.0. The molecule has 0 atom stereocenters. The highest BCUT2D eigenvalue weighted by Crippen LogP contribution is 2.34. The zero-order chi connectivity index (χ0) is 13.2. The molecule has 0 bridgehead atoms. The first-order chi connectivity index (χ1) is 9.28. The van der Waals surface area contributed by atoms with Crippen molar-refractivity contribution in [3.05, 3.63) is 41.3 Å². The van der Waals surface area contributed by atoms with E-state index in [2.05, 4.69) is 11.1 Å². The van der Waals surface area contributed by atoms with Gasteiger partial charge >= 0.3 is 0 Å². The third-order valence-corrected chi connectivity index (χ3v) is 5.23. The highest BCUT2D eigenvalue weighted by molar-refractivity contribution is 7.26. The van der Waals surface area contributed by atoms with Crippen LogP contribution in [-0.4, -0.2) is 16.6 Å². The van der Waals surface area contributed by atoms with Crippen LogP contribution in [0.25, 0.3) is 20.1 Å². The zero-order valence-corrected chi connectivity index (χ0v) is 12.3. The van der Waals surface area contributed by atoms with Crippen molar-refractivity contribution in [1.29, 1.82) is 0 Å². The second kappa shape index (κ2) is 5.41. The van der Waals surface area contributed by atoms with E-state index in [0.29, 0.717) is 12.3 Å². The van der Waals surface area contributed by atoms with Crippen LogP contribution in [-0.2, 0) is 0 Å². The van der Waals surface area contributed by atoms with E-state index in [1.807, 2.05) is 30.3 Å². The number of carbonyl (C=O) groups is 1. The second-order valence-corrected chi connectivity index (χ2v) is 6.51. The second-order valence-electron chi connectivity index (χ2n) is 4.01. The number of alkyl halides is 1. The van der Waals surface area contributed by atoms with Crippen molar-refractivity contribution < 1.29 is 4.79 Å². The predicted octanol–water partition coefficient (Wildman–Crippen LogP) is 4.84. The van der Waals surface area contributed by atoms with E-state index in [1.54, 1.807) is 11.3 Å². The number of fused-ring (bicyclic) bond motifs is 1. The van der Waals surface area contributed by atoms with Gasteiger partial charge in [0.1, 0.15) is 5.01 Å². The summed E-state index contributed by atoms with van der Waals surface area (Å²) in [5.74, 6) is 0.472. The molecule has 0 unspecified atom stereocenters. The number of carbonyl (C=O) groups excluding carboxylic acids is 1. The smallest absolute Gasteiger partial charge is 0.173 e. The molecule has 0 aliphatic heterocycles. The molecule has 0 aliphatic rings. The number of hydrogen-bond donors (Lipinski definition) is 0. The van der Waals surface area contributed by atoms with E-state index < -0.39 is 0 Å². The van der Waals surface area contributed by atoms with Crippen molar-refractivity contribution in [2.45, 2.75) is 6.42 Å². The first kappa shape index (κ1) is 12.8. The van der Waals surface area contributed by atoms with Gasteiger partial charge in [0.05, 0.1) is 20.0 Å². The lowest BCUT2D eigenvalue weighted by molar-refractivity contribution is 0.0993. The largest absolute Gasteiger partial charge is 0.293 e. The zero-order valence-electron chi connectivity index (χ0n) is 9.93. The van der Waals surface area contributed by atoms with E-state index in [4.69, 9.17) is 11.6 Å². The van der Waals surface area contributed by atoms with Crippen LogP contribution in [0, 0.1) is 0 Å². The highest BCUT2D eigenvalue weighted by atomic mass is 35.5. The third-order valence-electron chi connectivity index (χ3n) is 2.71. The number of Topliss-reactive ketones (excluding diaryl/α,β-unsaturated/α-hetero) is 1. The van der Waals surface area contributed by atoms with Gasteiger partial charge in [-0.1, -0.05) is 12.1 Å². The molecule has 0 spiro atoms. The van der Waals surface area contributed by atoms with Gasteiger partial charge in [-0.05, 0) is 24.3 Å². The first-order valence-corrected chi connectivity index (χ1v) is 7.99. The average molecular weight is 308 g/mol. The molecule has 2 aromatic heterocycles. The number of thiophene rings is 1. The lowest BCUT2D eigenvalue weighted by Crippen LogP contribution is -1.95. The van der Waals surface area contributed by atoms with Gasteiger partial charge in [-0.15, -0.1) is 34.3 Å². The van der Waals surface area contributed by atoms with Crippen LogP contribution >= 0.6 is 34.3 Å². The van der Waals surface area contributed by atoms with Crippen LogP contribution in [0.1, 0.15) is 16.1 Å².